The third kappa shape index (κ3) is 5.69. The van der Waals surface area contributed by atoms with Gasteiger partial charge in [-0.3, -0.25) is 14.7 Å². The summed E-state index contributed by atoms with van der Waals surface area (Å²) in [5.41, 5.74) is 0.987. The van der Waals surface area contributed by atoms with E-state index in [4.69, 9.17) is 4.42 Å². The molecule has 27 heavy (non-hydrogen) atoms. The summed E-state index contributed by atoms with van der Waals surface area (Å²) in [6.07, 6.45) is 3.74. The normalized spacial score (nSPS) is 22.6. The molecule has 0 saturated carbocycles. The van der Waals surface area contributed by atoms with E-state index in [1.165, 1.54) is 0 Å². The smallest absolute Gasteiger partial charge is 0.220 e. The summed E-state index contributed by atoms with van der Waals surface area (Å²) in [5.74, 6) is 3.34. The molecule has 2 saturated heterocycles. The molecule has 0 aromatic carbocycles. The molecule has 0 bridgehead atoms. The van der Waals surface area contributed by atoms with Crippen LogP contribution in [0.15, 0.2) is 9.41 Å². The molecule has 1 aromatic rings. The van der Waals surface area contributed by atoms with Crippen LogP contribution >= 0.6 is 0 Å². The molecule has 1 amide bonds. The van der Waals surface area contributed by atoms with Gasteiger partial charge in [0.05, 0.1) is 12.2 Å². The number of aliphatic imine (C=N–C) groups is 1. The van der Waals surface area contributed by atoms with Crippen molar-refractivity contribution < 1.29 is 9.21 Å². The molecule has 150 valence electrons. The van der Waals surface area contributed by atoms with E-state index in [2.05, 4.69) is 30.8 Å². The first-order valence-corrected chi connectivity index (χ1v) is 9.92. The lowest BCUT2D eigenvalue weighted by Crippen LogP contribution is -2.52. The van der Waals surface area contributed by atoms with Gasteiger partial charge in [0.25, 0.3) is 0 Å². The van der Waals surface area contributed by atoms with Gasteiger partial charge in [0.2, 0.25) is 11.8 Å². The fourth-order valence-corrected chi connectivity index (χ4v) is 3.63. The Morgan fingerprint density at radius 3 is 2.70 bits per heavy atom. The maximum atomic E-state index is 11.3. The molecule has 8 nitrogen and oxygen atoms in total. The average molecular weight is 377 g/mol. The minimum Gasteiger partial charge on any atom is -0.444 e. The van der Waals surface area contributed by atoms with Crippen LogP contribution in [0.5, 0.6) is 0 Å². The molecule has 8 heteroatoms. The molecular formula is C19H32N6O2. The van der Waals surface area contributed by atoms with Gasteiger partial charge in [-0.05, 0) is 52.1 Å². The van der Waals surface area contributed by atoms with E-state index in [-0.39, 0.29) is 11.9 Å². The van der Waals surface area contributed by atoms with Gasteiger partial charge < -0.3 is 20.4 Å². The van der Waals surface area contributed by atoms with E-state index in [0.29, 0.717) is 18.9 Å². The summed E-state index contributed by atoms with van der Waals surface area (Å²) >= 11 is 0. The van der Waals surface area contributed by atoms with E-state index < -0.39 is 0 Å². The second-order valence-corrected chi connectivity index (χ2v) is 7.61. The number of nitrogens with one attached hydrogen (secondary N) is 3. The molecule has 0 aliphatic carbocycles. The molecule has 2 aliphatic rings. The minimum absolute atomic E-state index is 0.137. The number of carbonyl (C=O) groups is 1. The van der Waals surface area contributed by atoms with Crippen molar-refractivity contribution in [1.82, 2.24) is 25.8 Å². The van der Waals surface area contributed by atoms with E-state index in [1.54, 1.807) is 7.05 Å². The number of rotatable bonds is 5. The zero-order chi connectivity index (χ0) is 19.2. The molecule has 1 aromatic heterocycles. The second kappa shape index (κ2) is 9.21. The average Bonchev–Trinajstić information content (AvgIpc) is 2.98. The number of likely N-dealkylation sites (tertiary alicyclic amines) is 1. The summed E-state index contributed by atoms with van der Waals surface area (Å²) in [7, 11) is 1.79. The van der Waals surface area contributed by atoms with Crippen LogP contribution in [0, 0.1) is 19.8 Å². The van der Waals surface area contributed by atoms with Gasteiger partial charge >= 0.3 is 0 Å². The number of piperidine rings is 2. The Balaban J connectivity index is 1.36. The van der Waals surface area contributed by atoms with E-state index >= 15 is 0 Å². The first-order valence-electron chi connectivity index (χ1n) is 9.92. The SMILES string of the molecule is CN=C(NCC1CCN(Cc2nc(C)c(C)o2)CC1)NC1CCC(=O)NC1. The number of aromatic nitrogens is 1. The van der Waals surface area contributed by atoms with Gasteiger partial charge in [-0.2, -0.15) is 0 Å². The summed E-state index contributed by atoms with van der Waals surface area (Å²) in [6.45, 7) is 8.46. The number of carbonyl (C=O) groups excluding carboxylic acids is 1. The molecule has 1 atom stereocenters. The third-order valence-electron chi connectivity index (χ3n) is 5.53. The Labute approximate surface area is 161 Å². The quantitative estimate of drug-likeness (QED) is 0.523. The van der Waals surface area contributed by atoms with Gasteiger partial charge in [-0.15, -0.1) is 0 Å². The van der Waals surface area contributed by atoms with E-state index in [9.17, 15) is 4.79 Å². The number of oxazole rings is 1. The Hall–Kier alpha value is -2.09. The Bertz CT molecular complexity index is 634. The Kier molecular flexibility index (Phi) is 6.71. The zero-order valence-electron chi connectivity index (χ0n) is 16.7. The molecular weight excluding hydrogens is 344 g/mol. The number of hydrogen-bond donors (Lipinski definition) is 3. The lowest BCUT2D eigenvalue weighted by molar-refractivity contribution is -0.122. The predicted molar refractivity (Wildman–Crippen MR) is 105 cm³/mol. The van der Waals surface area contributed by atoms with Crippen molar-refractivity contribution in [2.24, 2.45) is 10.9 Å². The number of amides is 1. The Morgan fingerprint density at radius 1 is 1.33 bits per heavy atom. The molecule has 2 fully saturated rings. The van der Waals surface area contributed by atoms with Gasteiger partial charge in [0, 0.05) is 32.6 Å². The highest BCUT2D eigenvalue weighted by atomic mass is 16.4. The minimum atomic E-state index is 0.137. The number of nitrogens with zero attached hydrogens (tertiary/aromatic N) is 3. The molecule has 0 radical (unpaired) electrons. The van der Waals surface area contributed by atoms with Crippen molar-refractivity contribution in [3.63, 3.8) is 0 Å². The third-order valence-corrected chi connectivity index (χ3v) is 5.53. The van der Waals surface area contributed by atoms with Crippen LogP contribution in [0.1, 0.15) is 43.0 Å². The Morgan fingerprint density at radius 2 is 2.11 bits per heavy atom. The number of hydrogen-bond acceptors (Lipinski definition) is 5. The van der Waals surface area contributed by atoms with Crippen molar-refractivity contribution >= 4 is 11.9 Å². The zero-order valence-corrected chi connectivity index (χ0v) is 16.7. The lowest BCUT2D eigenvalue weighted by Gasteiger charge is -2.32. The second-order valence-electron chi connectivity index (χ2n) is 7.61. The fraction of sp³-hybridized carbons (Fsp3) is 0.737. The van der Waals surface area contributed by atoms with Gasteiger partial charge in [-0.25, -0.2) is 4.98 Å². The highest BCUT2D eigenvalue weighted by Gasteiger charge is 2.22. The van der Waals surface area contributed by atoms with Gasteiger partial charge in [0.1, 0.15) is 5.76 Å². The maximum absolute atomic E-state index is 11.3. The van der Waals surface area contributed by atoms with E-state index in [1.807, 2.05) is 13.8 Å². The van der Waals surface area contributed by atoms with E-state index in [0.717, 1.165) is 68.7 Å². The highest BCUT2D eigenvalue weighted by Crippen LogP contribution is 2.19. The van der Waals surface area contributed by atoms with Crippen LogP contribution in [0.4, 0.5) is 0 Å². The summed E-state index contributed by atoms with van der Waals surface area (Å²) < 4.78 is 5.70. The summed E-state index contributed by atoms with van der Waals surface area (Å²) in [6, 6.07) is 0.253. The largest absolute Gasteiger partial charge is 0.444 e. The van der Waals surface area contributed by atoms with Crippen molar-refractivity contribution in [1.29, 1.82) is 0 Å². The molecule has 3 rings (SSSR count). The van der Waals surface area contributed by atoms with Crippen LogP contribution < -0.4 is 16.0 Å². The molecule has 1 unspecified atom stereocenters. The maximum Gasteiger partial charge on any atom is 0.220 e. The number of guanidine groups is 1. The van der Waals surface area contributed by atoms with Crippen molar-refractivity contribution in [3.05, 3.63) is 17.3 Å². The van der Waals surface area contributed by atoms with Crippen LogP contribution in [0.25, 0.3) is 0 Å². The van der Waals surface area contributed by atoms with Crippen LogP contribution in [0.2, 0.25) is 0 Å². The molecule has 3 heterocycles. The molecule has 0 spiro atoms. The van der Waals surface area contributed by atoms with Crippen molar-refractivity contribution in [2.45, 2.75) is 52.1 Å². The molecule has 3 N–H and O–H groups in total. The topological polar surface area (TPSA) is 94.8 Å². The molecule has 2 aliphatic heterocycles. The standard InChI is InChI=1S/C19H32N6O2/c1-13-14(2)27-18(23-13)12-25-8-6-15(7-9-25)10-22-19(20-3)24-16-4-5-17(26)21-11-16/h15-16H,4-12H2,1-3H3,(H,21,26)(H2,20,22,24). The van der Waals surface area contributed by atoms with Crippen LogP contribution in [-0.4, -0.2) is 61.0 Å². The highest BCUT2D eigenvalue weighted by molar-refractivity contribution is 5.81. The van der Waals surface area contributed by atoms with Crippen LogP contribution in [-0.2, 0) is 11.3 Å². The van der Waals surface area contributed by atoms with Crippen molar-refractivity contribution in [2.75, 3.05) is 33.2 Å². The summed E-state index contributed by atoms with van der Waals surface area (Å²) in [4.78, 5) is 22.5. The predicted octanol–water partition coefficient (Wildman–Crippen LogP) is 0.947. The summed E-state index contributed by atoms with van der Waals surface area (Å²) in [5, 5.41) is 9.75. The van der Waals surface area contributed by atoms with Crippen LogP contribution in [0.3, 0.4) is 0 Å². The van der Waals surface area contributed by atoms with Crippen molar-refractivity contribution in [3.8, 4) is 0 Å². The first-order chi connectivity index (χ1) is 13.0. The first kappa shape index (κ1) is 19.7. The monoisotopic (exact) mass is 376 g/mol. The van der Waals surface area contributed by atoms with Gasteiger partial charge in [-0.1, -0.05) is 0 Å². The van der Waals surface area contributed by atoms with Gasteiger partial charge in [0.15, 0.2) is 5.96 Å². The fourth-order valence-electron chi connectivity index (χ4n) is 3.63. The lowest BCUT2D eigenvalue weighted by atomic mass is 9.97. The number of aryl methyl sites for hydroxylation is 2.